The third-order valence-electron chi connectivity index (χ3n) is 3.30. The molecule has 0 fully saturated rings. The molecular formula is C14H19N5O2S. The van der Waals surface area contributed by atoms with E-state index in [1.807, 2.05) is 31.4 Å². The zero-order valence-corrected chi connectivity index (χ0v) is 13.6. The van der Waals surface area contributed by atoms with Gasteiger partial charge in [-0.05, 0) is 30.8 Å². The first-order valence-corrected chi connectivity index (χ1v) is 7.45. The van der Waals surface area contributed by atoms with Gasteiger partial charge in [-0.2, -0.15) is 5.10 Å². The van der Waals surface area contributed by atoms with Crippen molar-refractivity contribution >= 4 is 23.6 Å². The Kier molecular flexibility index (Phi) is 4.92. The van der Waals surface area contributed by atoms with Gasteiger partial charge in [-0.1, -0.05) is 19.9 Å². The topological polar surface area (TPSA) is 88.8 Å². The summed E-state index contributed by atoms with van der Waals surface area (Å²) in [7, 11) is 0. The van der Waals surface area contributed by atoms with Gasteiger partial charge in [0.1, 0.15) is 11.5 Å². The first-order chi connectivity index (χ1) is 10.4. The number of aromatic amines is 1. The number of rotatable bonds is 6. The van der Waals surface area contributed by atoms with Gasteiger partial charge < -0.3 is 9.88 Å². The highest BCUT2D eigenvalue weighted by atomic mass is 32.1. The Balaban J connectivity index is 2.11. The number of aromatic nitrogens is 3. The molecule has 2 aromatic rings. The van der Waals surface area contributed by atoms with E-state index in [1.54, 1.807) is 12.1 Å². The summed E-state index contributed by atoms with van der Waals surface area (Å²) >= 11 is 5.22. The van der Waals surface area contributed by atoms with Gasteiger partial charge >= 0.3 is 0 Å². The fourth-order valence-corrected chi connectivity index (χ4v) is 2.46. The van der Waals surface area contributed by atoms with Crippen molar-refractivity contribution in [2.24, 2.45) is 0 Å². The Morgan fingerprint density at radius 3 is 2.86 bits per heavy atom. The van der Waals surface area contributed by atoms with Crippen molar-refractivity contribution in [1.82, 2.24) is 14.8 Å². The van der Waals surface area contributed by atoms with Crippen LogP contribution in [0.3, 0.4) is 0 Å². The predicted octanol–water partition coefficient (Wildman–Crippen LogP) is 3.39. The molecule has 0 bridgehead atoms. The van der Waals surface area contributed by atoms with E-state index >= 15 is 0 Å². The van der Waals surface area contributed by atoms with Gasteiger partial charge in [0.25, 0.3) is 5.69 Å². The molecule has 0 amide bonds. The standard InChI is InChI=1S/C14H19N5O2S/c1-9(2)13-16-17-14(22)18(13)7-6-15-11-5-4-10(3)8-12(11)19(20)21/h4-5,8-9,15H,6-7H2,1-3H3,(H,17,22). The molecule has 0 radical (unpaired) electrons. The van der Waals surface area contributed by atoms with E-state index in [9.17, 15) is 10.1 Å². The Morgan fingerprint density at radius 2 is 2.23 bits per heavy atom. The highest BCUT2D eigenvalue weighted by molar-refractivity contribution is 7.71. The van der Waals surface area contributed by atoms with Gasteiger partial charge in [0.15, 0.2) is 4.77 Å². The quantitative estimate of drug-likeness (QED) is 0.483. The first-order valence-electron chi connectivity index (χ1n) is 7.04. The smallest absolute Gasteiger partial charge is 0.292 e. The van der Waals surface area contributed by atoms with Crippen LogP contribution in [0.5, 0.6) is 0 Å². The largest absolute Gasteiger partial charge is 0.378 e. The fraction of sp³-hybridized carbons (Fsp3) is 0.429. The van der Waals surface area contributed by atoms with E-state index in [2.05, 4.69) is 15.5 Å². The van der Waals surface area contributed by atoms with E-state index in [0.29, 0.717) is 23.5 Å². The number of nitrogens with one attached hydrogen (secondary N) is 2. The summed E-state index contributed by atoms with van der Waals surface area (Å²) in [5, 5.41) is 21.2. The van der Waals surface area contributed by atoms with Crippen LogP contribution in [-0.2, 0) is 6.54 Å². The Labute approximate surface area is 133 Å². The Hall–Kier alpha value is -2.22. The Morgan fingerprint density at radius 1 is 1.50 bits per heavy atom. The molecule has 0 unspecified atom stereocenters. The number of nitro benzene ring substituents is 1. The molecule has 1 aromatic carbocycles. The summed E-state index contributed by atoms with van der Waals surface area (Å²) in [6.45, 7) is 7.03. The number of aryl methyl sites for hydroxylation is 1. The van der Waals surface area contributed by atoms with Crippen LogP contribution in [0.4, 0.5) is 11.4 Å². The summed E-state index contributed by atoms with van der Waals surface area (Å²) in [5.41, 5.74) is 1.45. The van der Waals surface area contributed by atoms with E-state index in [-0.39, 0.29) is 16.5 Å². The molecule has 7 nitrogen and oxygen atoms in total. The van der Waals surface area contributed by atoms with Crippen LogP contribution in [0, 0.1) is 21.8 Å². The van der Waals surface area contributed by atoms with Crippen LogP contribution in [-0.4, -0.2) is 26.2 Å². The van der Waals surface area contributed by atoms with E-state index in [1.165, 1.54) is 0 Å². The van der Waals surface area contributed by atoms with Crippen LogP contribution in [0.25, 0.3) is 0 Å². The average Bonchev–Trinajstić information content (AvgIpc) is 2.82. The predicted molar refractivity (Wildman–Crippen MR) is 87.8 cm³/mol. The molecule has 0 aliphatic rings. The molecule has 1 aromatic heterocycles. The van der Waals surface area contributed by atoms with Crippen molar-refractivity contribution in [2.45, 2.75) is 33.2 Å². The van der Waals surface area contributed by atoms with Crippen LogP contribution in [0.2, 0.25) is 0 Å². The van der Waals surface area contributed by atoms with Gasteiger partial charge in [-0.3, -0.25) is 15.2 Å². The van der Waals surface area contributed by atoms with Crippen molar-refractivity contribution < 1.29 is 4.92 Å². The van der Waals surface area contributed by atoms with Crippen LogP contribution >= 0.6 is 12.2 Å². The summed E-state index contributed by atoms with van der Waals surface area (Å²) in [6, 6.07) is 5.13. The molecule has 0 aliphatic carbocycles. The minimum absolute atomic E-state index is 0.0832. The third kappa shape index (κ3) is 3.51. The lowest BCUT2D eigenvalue weighted by Crippen LogP contribution is -2.14. The maximum absolute atomic E-state index is 11.1. The second-order valence-electron chi connectivity index (χ2n) is 5.40. The van der Waals surface area contributed by atoms with Crippen molar-refractivity contribution in [2.75, 3.05) is 11.9 Å². The second-order valence-corrected chi connectivity index (χ2v) is 5.78. The minimum Gasteiger partial charge on any atom is -0.378 e. The van der Waals surface area contributed by atoms with Crippen molar-refractivity contribution in [3.8, 4) is 0 Å². The number of H-pyrrole nitrogens is 1. The second kappa shape index (κ2) is 6.69. The first kappa shape index (κ1) is 16.2. The van der Waals surface area contributed by atoms with Crippen molar-refractivity contribution in [3.63, 3.8) is 0 Å². The van der Waals surface area contributed by atoms with Gasteiger partial charge in [0.05, 0.1) is 4.92 Å². The molecule has 118 valence electrons. The molecule has 0 atom stereocenters. The molecule has 22 heavy (non-hydrogen) atoms. The van der Waals surface area contributed by atoms with E-state index < -0.39 is 0 Å². The molecule has 0 saturated carbocycles. The zero-order valence-electron chi connectivity index (χ0n) is 12.8. The molecule has 2 N–H and O–H groups in total. The third-order valence-corrected chi connectivity index (χ3v) is 3.62. The SMILES string of the molecule is Cc1ccc(NCCn2c(C(C)C)n[nH]c2=S)c([N+](=O)[O-])c1. The zero-order chi connectivity index (χ0) is 16.3. The van der Waals surface area contributed by atoms with Gasteiger partial charge in [0, 0.05) is 25.1 Å². The summed E-state index contributed by atoms with van der Waals surface area (Å²) < 4.78 is 2.47. The van der Waals surface area contributed by atoms with Crippen LogP contribution in [0.15, 0.2) is 18.2 Å². The number of hydrogen-bond acceptors (Lipinski definition) is 5. The maximum Gasteiger partial charge on any atom is 0.292 e. The van der Waals surface area contributed by atoms with Crippen LogP contribution in [0.1, 0.15) is 31.2 Å². The van der Waals surface area contributed by atoms with E-state index in [0.717, 1.165) is 11.4 Å². The number of hydrogen-bond donors (Lipinski definition) is 2. The number of benzene rings is 1. The molecule has 2 rings (SSSR count). The normalized spacial score (nSPS) is 10.9. The van der Waals surface area contributed by atoms with Crippen LogP contribution < -0.4 is 5.32 Å². The summed E-state index contributed by atoms with van der Waals surface area (Å²) in [4.78, 5) is 10.7. The van der Waals surface area contributed by atoms with Crippen molar-refractivity contribution in [3.05, 3.63) is 44.5 Å². The molecular weight excluding hydrogens is 302 g/mol. The number of nitrogens with zero attached hydrogens (tertiary/aromatic N) is 3. The molecule has 0 aliphatic heterocycles. The lowest BCUT2D eigenvalue weighted by molar-refractivity contribution is -0.384. The minimum atomic E-state index is -0.377. The van der Waals surface area contributed by atoms with Gasteiger partial charge in [-0.25, -0.2) is 0 Å². The molecule has 8 heteroatoms. The van der Waals surface area contributed by atoms with Crippen molar-refractivity contribution in [1.29, 1.82) is 0 Å². The monoisotopic (exact) mass is 321 g/mol. The summed E-state index contributed by atoms with van der Waals surface area (Å²) in [5.74, 6) is 1.13. The number of anilines is 1. The highest BCUT2D eigenvalue weighted by Gasteiger charge is 2.14. The maximum atomic E-state index is 11.1. The van der Waals surface area contributed by atoms with E-state index in [4.69, 9.17) is 12.2 Å². The molecule has 0 saturated heterocycles. The fourth-order valence-electron chi connectivity index (χ4n) is 2.23. The average molecular weight is 321 g/mol. The number of nitro groups is 1. The molecule has 0 spiro atoms. The lowest BCUT2D eigenvalue weighted by atomic mass is 10.2. The summed E-state index contributed by atoms with van der Waals surface area (Å²) in [6.07, 6.45) is 0. The van der Waals surface area contributed by atoms with Gasteiger partial charge in [-0.15, -0.1) is 0 Å². The Bertz CT molecular complexity index is 735. The highest BCUT2D eigenvalue weighted by Crippen LogP contribution is 2.25. The molecule has 1 heterocycles. The van der Waals surface area contributed by atoms with Gasteiger partial charge in [0.2, 0.25) is 0 Å². The lowest BCUT2D eigenvalue weighted by Gasteiger charge is -2.11.